The monoisotopic (exact) mass is 271 g/mol. The number of carbonyl (C=O) groups is 1. The molecule has 0 aromatic heterocycles. The number of hydrogen-bond donors (Lipinski definition) is 1. The van der Waals surface area contributed by atoms with Gasteiger partial charge in [-0.1, -0.05) is 15.9 Å². The molecule has 0 spiro atoms. The topological polar surface area (TPSA) is 52.3 Å². The number of esters is 1. The summed E-state index contributed by atoms with van der Waals surface area (Å²) in [5.74, 6) is -0.337. The highest BCUT2D eigenvalue weighted by Gasteiger charge is 2.14. The van der Waals surface area contributed by atoms with Crippen molar-refractivity contribution in [1.82, 2.24) is 0 Å². The molecule has 0 saturated carbocycles. The summed E-state index contributed by atoms with van der Waals surface area (Å²) in [5, 5.41) is 0. The lowest BCUT2D eigenvalue weighted by atomic mass is 10.1. The molecule has 3 nitrogen and oxygen atoms in total. The molecular weight excluding hydrogens is 258 g/mol. The molecule has 0 aliphatic rings. The Bertz CT molecular complexity index is 388. The molecule has 2 N–H and O–H groups in total. The second-order valence-corrected chi connectivity index (χ2v) is 4.48. The Labute approximate surface area is 97.7 Å². The standard InChI is InChI=1S/C11H14BrNO2/c1-6(2)15-11(14)9-4-8(13)5-10(12)7(9)3/h4-6H,13H2,1-3H3. The molecule has 1 aromatic rings. The number of nitrogens with two attached hydrogens (primary N) is 1. The summed E-state index contributed by atoms with van der Waals surface area (Å²) < 4.78 is 5.93. The van der Waals surface area contributed by atoms with E-state index in [1.54, 1.807) is 12.1 Å². The molecule has 82 valence electrons. The van der Waals surface area contributed by atoms with Gasteiger partial charge in [0.2, 0.25) is 0 Å². The molecule has 15 heavy (non-hydrogen) atoms. The Kier molecular flexibility index (Phi) is 3.74. The van der Waals surface area contributed by atoms with Crippen LogP contribution in [0.5, 0.6) is 0 Å². The number of hydrogen-bond acceptors (Lipinski definition) is 3. The molecule has 0 aliphatic carbocycles. The van der Waals surface area contributed by atoms with E-state index in [2.05, 4.69) is 15.9 Å². The van der Waals surface area contributed by atoms with E-state index >= 15 is 0 Å². The van der Waals surface area contributed by atoms with Crippen molar-refractivity contribution in [3.8, 4) is 0 Å². The van der Waals surface area contributed by atoms with Crippen molar-refractivity contribution in [3.63, 3.8) is 0 Å². The molecular formula is C11H14BrNO2. The Morgan fingerprint density at radius 2 is 2.07 bits per heavy atom. The van der Waals surface area contributed by atoms with Crippen LogP contribution in [-0.2, 0) is 4.74 Å². The van der Waals surface area contributed by atoms with Gasteiger partial charge in [0.15, 0.2) is 0 Å². The predicted octanol–water partition coefficient (Wildman–Crippen LogP) is 2.90. The lowest BCUT2D eigenvalue weighted by Gasteiger charge is -2.11. The molecule has 0 bridgehead atoms. The molecule has 0 amide bonds. The molecule has 1 aromatic carbocycles. The summed E-state index contributed by atoms with van der Waals surface area (Å²) in [7, 11) is 0. The predicted molar refractivity (Wildman–Crippen MR) is 63.8 cm³/mol. The first kappa shape index (κ1) is 12.0. The SMILES string of the molecule is Cc1c(Br)cc(N)cc1C(=O)OC(C)C. The fourth-order valence-electron chi connectivity index (χ4n) is 1.19. The van der Waals surface area contributed by atoms with E-state index in [1.807, 2.05) is 20.8 Å². The number of benzene rings is 1. The number of rotatable bonds is 2. The van der Waals surface area contributed by atoms with Crippen LogP contribution in [0, 0.1) is 6.92 Å². The highest BCUT2D eigenvalue weighted by atomic mass is 79.9. The van der Waals surface area contributed by atoms with Crippen LogP contribution in [0.15, 0.2) is 16.6 Å². The van der Waals surface area contributed by atoms with Gasteiger partial charge in [0.05, 0.1) is 11.7 Å². The summed E-state index contributed by atoms with van der Waals surface area (Å²) in [5.41, 5.74) is 7.56. The van der Waals surface area contributed by atoms with Gasteiger partial charge in [-0.25, -0.2) is 4.79 Å². The van der Waals surface area contributed by atoms with Crippen molar-refractivity contribution in [2.45, 2.75) is 26.9 Å². The fourth-order valence-corrected chi connectivity index (χ4v) is 1.67. The average molecular weight is 272 g/mol. The van der Waals surface area contributed by atoms with Gasteiger partial charge in [0.25, 0.3) is 0 Å². The molecule has 4 heteroatoms. The van der Waals surface area contributed by atoms with E-state index in [0.717, 1.165) is 10.0 Å². The van der Waals surface area contributed by atoms with Crippen LogP contribution in [0.25, 0.3) is 0 Å². The first-order valence-electron chi connectivity index (χ1n) is 4.68. The Balaban J connectivity index is 3.08. The van der Waals surface area contributed by atoms with Crippen LogP contribution in [0.2, 0.25) is 0 Å². The summed E-state index contributed by atoms with van der Waals surface area (Å²) >= 11 is 3.34. The van der Waals surface area contributed by atoms with Gasteiger partial charge in [-0.2, -0.15) is 0 Å². The van der Waals surface area contributed by atoms with E-state index in [4.69, 9.17) is 10.5 Å². The quantitative estimate of drug-likeness (QED) is 0.665. The summed E-state index contributed by atoms with van der Waals surface area (Å²) in [6.07, 6.45) is -0.128. The first-order chi connectivity index (χ1) is 6.91. The molecule has 0 atom stereocenters. The Hall–Kier alpha value is -1.03. The van der Waals surface area contributed by atoms with Crippen molar-refractivity contribution >= 4 is 27.6 Å². The number of carbonyl (C=O) groups excluding carboxylic acids is 1. The van der Waals surface area contributed by atoms with Gasteiger partial charge in [-0.3, -0.25) is 0 Å². The maximum Gasteiger partial charge on any atom is 0.338 e. The van der Waals surface area contributed by atoms with Crippen LogP contribution in [-0.4, -0.2) is 12.1 Å². The highest BCUT2D eigenvalue weighted by molar-refractivity contribution is 9.10. The first-order valence-corrected chi connectivity index (χ1v) is 5.47. The largest absolute Gasteiger partial charge is 0.459 e. The molecule has 0 aliphatic heterocycles. The Morgan fingerprint density at radius 3 is 2.60 bits per heavy atom. The fraction of sp³-hybridized carbons (Fsp3) is 0.364. The third kappa shape index (κ3) is 2.96. The lowest BCUT2D eigenvalue weighted by Crippen LogP contribution is -2.13. The van der Waals surface area contributed by atoms with E-state index in [-0.39, 0.29) is 12.1 Å². The third-order valence-corrected chi connectivity index (χ3v) is 2.75. The smallest absolute Gasteiger partial charge is 0.338 e. The van der Waals surface area contributed by atoms with Crippen LogP contribution in [0.3, 0.4) is 0 Å². The van der Waals surface area contributed by atoms with Crippen LogP contribution in [0.4, 0.5) is 5.69 Å². The van der Waals surface area contributed by atoms with Gasteiger partial charge in [0.1, 0.15) is 0 Å². The summed E-state index contributed by atoms with van der Waals surface area (Å²) in [6, 6.07) is 3.40. The zero-order valence-corrected chi connectivity index (χ0v) is 10.6. The third-order valence-electron chi connectivity index (χ3n) is 1.93. The van der Waals surface area contributed by atoms with Crippen LogP contribution < -0.4 is 5.73 Å². The van der Waals surface area contributed by atoms with Crippen molar-refractivity contribution in [1.29, 1.82) is 0 Å². The van der Waals surface area contributed by atoms with E-state index in [1.165, 1.54) is 0 Å². The normalized spacial score (nSPS) is 10.5. The second-order valence-electron chi connectivity index (χ2n) is 3.63. The molecule has 0 heterocycles. The molecule has 0 fully saturated rings. The van der Waals surface area contributed by atoms with Crippen molar-refractivity contribution in [3.05, 3.63) is 27.7 Å². The van der Waals surface area contributed by atoms with Gasteiger partial charge >= 0.3 is 5.97 Å². The number of ether oxygens (including phenoxy) is 1. The van der Waals surface area contributed by atoms with E-state index in [9.17, 15) is 4.79 Å². The highest BCUT2D eigenvalue weighted by Crippen LogP contribution is 2.24. The van der Waals surface area contributed by atoms with Crippen molar-refractivity contribution in [2.75, 3.05) is 5.73 Å². The van der Waals surface area contributed by atoms with Crippen LogP contribution >= 0.6 is 15.9 Å². The minimum atomic E-state index is -0.337. The summed E-state index contributed by atoms with van der Waals surface area (Å²) in [4.78, 5) is 11.7. The van der Waals surface area contributed by atoms with Gasteiger partial charge in [0, 0.05) is 10.2 Å². The average Bonchev–Trinajstić information content (AvgIpc) is 2.09. The van der Waals surface area contributed by atoms with Gasteiger partial charge < -0.3 is 10.5 Å². The molecule has 1 rings (SSSR count). The zero-order chi connectivity index (χ0) is 11.6. The van der Waals surface area contributed by atoms with E-state index < -0.39 is 0 Å². The summed E-state index contributed by atoms with van der Waals surface area (Å²) in [6.45, 7) is 5.48. The number of halogens is 1. The molecule has 0 saturated heterocycles. The maximum atomic E-state index is 11.7. The van der Waals surface area contributed by atoms with E-state index in [0.29, 0.717) is 11.3 Å². The second kappa shape index (κ2) is 4.66. The van der Waals surface area contributed by atoms with Crippen LogP contribution in [0.1, 0.15) is 29.8 Å². The van der Waals surface area contributed by atoms with Crippen molar-refractivity contribution < 1.29 is 9.53 Å². The van der Waals surface area contributed by atoms with Crippen molar-refractivity contribution in [2.24, 2.45) is 0 Å². The Morgan fingerprint density at radius 1 is 1.47 bits per heavy atom. The maximum absolute atomic E-state index is 11.7. The molecule has 0 radical (unpaired) electrons. The van der Waals surface area contributed by atoms with Gasteiger partial charge in [-0.05, 0) is 38.5 Å². The minimum Gasteiger partial charge on any atom is -0.459 e. The van der Waals surface area contributed by atoms with Gasteiger partial charge in [-0.15, -0.1) is 0 Å². The number of anilines is 1. The number of nitrogen functional groups attached to an aromatic ring is 1. The lowest BCUT2D eigenvalue weighted by molar-refractivity contribution is 0.0377. The minimum absolute atomic E-state index is 0.128. The molecule has 0 unspecified atom stereocenters. The zero-order valence-electron chi connectivity index (χ0n) is 9.00.